The summed E-state index contributed by atoms with van der Waals surface area (Å²) in [6, 6.07) is 3.42. The summed E-state index contributed by atoms with van der Waals surface area (Å²) in [5.41, 5.74) is 0.932. The first-order valence-electron chi connectivity index (χ1n) is 5.63. The smallest absolute Gasteiger partial charge is 0.206 e. The summed E-state index contributed by atoms with van der Waals surface area (Å²) in [6.07, 6.45) is 0. The lowest BCUT2D eigenvalue weighted by Gasteiger charge is -2.30. The van der Waals surface area contributed by atoms with Gasteiger partial charge in [-0.15, -0.1) is 0 Å². The Hall–Kier alpha value is -1.49. The first-order valence-corrected chi connectivity index (χ1v) is 5.63. The summed E-state index contributed by atoms with van der Waals surface area (Å²) in [5, 5.41) is 3.27. The van der Waals surface area contributed by atoms with Crippen molar-refractivity contribution in [2.24, 2.45) is 0 Å². The fourth-order valence-electron chi connectivity index (χ4n) is 1.96. The van der Waals surface area contributed by atoms with E-state index >= 15 is 0 Å². The van der Waals surface area contributed by atoms with Gasteiger partial charge in [0, 0.05) is 44.0 Å². The maximum Gasteiger partial charge on any atom is 0.206 e. The molecule has 1 aliphatic rings. The largest absolute Gasteiger partial charge is 0.493 e. The van der Waals surface area contributed by atoms with Gasteiger partial charge in [-0.25, -0.2) is 0 Å². The van der Waals surface area contributed by atoms with Gasteiger partial charge in [-0.1, -0.05) is 0 Å². The van der Waals surface area contributed by atoms with Crippen molar-refractivity contribution >= 4 is 5.69 Å². The minimum Gasteiger partial charge on any atom is -0.493 e. The molecule has 1 aromatic carbocycles. The van der Waals surface area contributed by atoms with Crippen LogP contribution >= 0.6 is 0 Å². The number of hydrogen-bond acceptors (Lipinski definition) is 4. The molecule has 0 radical (unpaired) electrons. The molecule has 1 heterocycles. The lowest BCUT2D eigenvalue weighted by atomic mass is 10.2. The lowest BCUT2D eigenvalue weighted by molar-refractivity contribution is 0.350. The number of halogens is 1. The zero-order valence-electron chi connectivity index (χ0n) is 10.1. The summed E-state index contributed by atoms with van der Waals surface area (Å²) in [6.45, 7) is 3.67. The van der Waals surface area contributed by atoms with E-state index in [2.05, 4.69) is 10.2 Å². The van der Waals surface area contributed by atoms with E-state index in [1.807, 2.05) is 0 Å². The van der Waals surface area contributed by atoms with E-state index in [9.17, 15) is 4.39 Å². The second-order valence-electron chi connectivity index (χ2n) is 3.90. The van der Waals surface area contributed by atoms with Crippen LogP contribution in [0.2, 0.25) is 0 Å². The van der Waals surface area contributed by atoms with Crippen LogP contribution in [0.1, 0.15) is 0 Å². The predicted octanol–water partition coefficient (Wildman–Crippen LogP) is 1.25. The lowest BCUT2D eigenvalue weighted by Crippen LogP contribution is -2.43. The van der Waals surface area contributed by atoms with Gasteiger partial charge in [0.15, 0.2) is 11.5 Å². The van der Waals surface area contributed by atoms with Crippen molar-refractivity contribution in [1.29, 1.82) is 0 Å². The predicted molar refractivity (Wildman–Crippen MR) is 64.6 cm³/mol. The number of methoxy groups -OCH3 is 2. The first-order chi connectivity index (χ1) is 8.26. The highest BCUT2D eigenvalue weighted by Gasteiger charge is 2.17. The Bertz CT molecular complexity index is 367. The molecule has 94 valence electrons. The van der Waals surface area contributed by atoms with Crippen LogP contribution in [0.3, 0.4) is 0 Å². The summed E-state index contributed by atoms with van der Waals surface area (Å²) < 4.78 is 23.8. The van der Waals surface area contributed by atoms with Crippen molar-refractivity contribution in [3.05, 3.63) is 17.9 Å². The number of nitrogens with zero attached hydrogens (tertiary/aromatic N) is 1. The fraction of sp³-hybridized carbons (Fsp3) is 0.500. The van der Waals surface area contributed by atoms with Gasteiger partial charge < -0.3 is 19.7 Å². The second-order valence-corrected chi connectivity index (χ2v) is 3.90. The standard InChI is InChI=1S/C12H17FN2O2/c1-16-10-7-9(8-11(17-2)12(10)13)15-5-3-14-4-6-15/h7-8,14H,3-6H2,1-2H3. The number of nitrogens with one attached hydrogen (secondary N) is 1. The zero-order chi connectivity index (χ0) is 12.3. The van der Waals surface area contributed by atoms with Crippen LogP contribution < -0.4 is 19.7 Å². The molecule has 2 rings (SSSR count). The molecule has 1 aromatic rings. The molecule has 1 N–H and O–H groups in total. The Kier molecular flexibility index (Phi) is 3.68. The van der Waals surface area contributed by atoms with Crippen LogP contribution in [0.15, 0.2) is 12.1 Å². The molecule has 0 atom stereocenters. The second kappa shape index (κ2) is 5.23. The molecule has 1 aliphatic heterocycles. The minimum absolute atomic E-state index is 0.220. The molecule has 4 nitrogen and oxygen atoms in total. The number of rotatable bonds is 3. The number of piperazine rings is 1. The molecular weight excluding hydrogens is 223 g/mol. The average molecular weight is 240 g/mol. The van der Waals surface area contributed by atoms with Crippen molar-refractivity contribution in [2.45, 2.75) is 0 Å². The van der Waals surface area contributed by atoms with Gasteiger partial charge in [0.25, 0.3) is 0 Å². The summed E-state index contributed by atoms with van der Waals surface area (Å²) in [7, 11) is 2.92. The number of ether oxygens (including phenoxy) is 2. The Balaban J connectivity index is 2.33. The molecule has 0 aromatic heterocycles. The Morgan fingerprint density at radius 3 is 2.12 bits per heavy atom. The number of anilines is 1. The van der Waals surface area contributed by atoms with Crippen molar-refractivity contribution in [3.63, 3.8) is 0 Å². The third-order valence-corrected chi connectivity index (χ3v) is 2.91. The van der Waals surface area contributed by atoms with Gasteiger partial charge in [-0.2, -0.15) is 4.39 Å². The molecule has 0 bridgehead atoms. The van der Waals surface area contributed by atoms with Gasteiger partial charge >= 0.3 is 0 Å². The van der Waals surface area contributed by atoms with Gasteiger partial charge in [-0.3, -0.25) is 0 Å². The summed E-state index contributed by atoms with van der Waals surface area (Å²) >= 11 is 0. The van der Waals surface area contributed by atoms with Gasteiger partial charge in [0.2, 0.25) is 5.82 Å². The quantitative estimate of drug-likeness (QED) is 0.862. The topological polar surface area (TPSA) is 33.7 Å². The number of hydrogen-bond donors (Lipinski definition) is 1. The molecule has 1 fully saturated rings. The highest BCUT2D eigenvalue weighted by atomic mass is 19.1. The van der Waals surface area contributed by atoms with Crippen molar-refractivity contribution in [2.75, 3.05) is 45.3 Å². The monoisotopic (exact) mass is 240 g/mol. The minimum atomic E-state index is -0.450. The molecule has 0 aliphatic carbocycles. The van der Waals surface area contributed by atoms with Crippen LogP contribution in [-0.4, -0.2) is 40.4 Å². The van der Waals surface area contributed by atoms with E-state index in [1.54, 1.807) is 12.1 Å². The first kappa shape index (κ1) is 12.0. The molecule has 17 heavy (non-hydrogen) atoms. The van der Waals surface area contributed by atoms with E-state index < -0.39 is 5.82 Å². The maximum atomic E-state index is 13.7. The van der Waals surface area contributed by atoms with E-state index in [0.717, 1.165) is 31.9 Å². The van der Waals surface area contributed by atoms with Crippen LogP contribution in [-0.2, 0) is 0 Å². The molecule has 5 heteroatoms. The van der Waals surface area contributed by atoms with Crippen LogP contribution in [0, 0.1) is 5.82 Å². The SMILES string of the molecule is COc1cc(N2CCNCC2)cc(OC)c1F. The molecular formula is C12H17FN2O2. The molecule has 0 amide bonds. The van der Waals surface area contributed by atoms with E-state index in [-0.39, 0.29) is 11.5 Å². The Morgan fingerprint density at radius 2 is 1.65 bits per heavy atom. The Labute approximate surface area is 100 Å². The van der Waals surface area contributed by atoms with E-state index in [4.69, 9.17) is 9.47 Å². The van der Waals surface area contributed by atoms with Crippen LogP contribution in [0.4, 0.5) is 10.1 Å². The summed E-state index contributed by atoms with van der Waals surface area (Å²) in [5.74, 6) is -0.00958. The molecule has 0 unspecified atom stereocenters. The van der Waals surface area contributed by atoms with E-state index in [1.165, 1.54) is 14.2 Å². The summed E-state index contributed by atoms with van der Waals surface area (Å²) in [4.78, 5) is 2.18. The van der Waals surface area contributed by atoms with Crippen molar-refractivity contribution < 1.29 is 13.9 Å². The van der Waals surface area contributed by atoms with Crippen LogP contribution in [0.5, 0.6) is 11.5 Å². The van der Waals surface area contributed by atoms with Gasteiger partial charge in [-0.05, 0) is 0 Å². The highest BCUT2D eigenvalue weighted by Crippen LogP contribution is 2.32. The van der Waals surface area contributed by atoms with Crippen molar-refractivity contribution in [3.8, 4) is 11.5 Å². The maximum absolute atomic E-state index is 13.7. The van der Waals surface area contributed by atoms with E-state index in [0.29, 0.717) is 0 Å². The van der Waals surface area contributed by atoms with Gasteiger partial charge in [0.1, 0.15) is 0 Å². The third kappa shape index (κ3) is 2.44. The normalized spacial score (nSPS) is 15.8. The van der Waals surface area contributed by atoms with Crippen molar-refractivity contribution in [1.82, 2.24) is 5.32 Å². The average Bonchev–Trinajstić information content (AvgIpc) is 2.40. The fourth-order valence-corrected chi connectivity index (χ4v) is 1.96. The third-order valence-electron chi connectivity index (χ3n) is 2.91. The zero-order valence-corrected chi connectivity index (χ0v) is 10.1. The highest BCUT2D eigenvalue weighted by molar-refractivity contribution is 5.56. The molecule has 1 saturated heterocycles. The van der Waals surface area contributed by atoms with Crippen LogP contribution in [0.25, 0.3) is 0 Å². The number of benzene rings is 1. The molecule has 0 saturated carbocycles. The van der Waals surface area contributed by atoms with Gasteiger partial charge in [0.05, 0.1) is 14.2 Å². The molecule has 0 spiro atoms. The Morgan fingerprint density at radius 1 is 1.12 bits per heavy atom.